The molecule has 0 heterocycles. The molecule has 2 aromatic carbocycles. The van der Waals surface area contributed by atoms with Gasteiger partial charge in [-0.1, -0.05) is 12.1 Å². The summed E-state index contributed by atoms with van der Waals surface area (Å²) in [6.07, 6.45) is 0.774. The predicted molar refractivity (Wildman–Crippen MR) is 74.7 cm³/mol. The quantitative estimate of drug-likeness (QED) is 0.651. The lowest BCUT2D eigenvalue weighted by atomic mass is 10.1. The number of hydrogen-bond donors (Lipinski definition) is 1. The molecular weight excluding hydrogens is 279 g/mol. The lowest BCUT2D eigenvalue weighted by Gasteiger charge is -2.07. The molecule has 1 N–H and O–H groups in total. The fraction of sp³-hybridized carbons (Fsp3) is 0.250. The maximum atomic E-state index is 13.0. The van der Waals surface area contributed by atoms with Gasteiger partial charge in [-0.3, -0.25) is 0 Å². The van der Waals surface area contributed by atoms with Gasteiger partial charge in [-0.05, 0) is 48.4 Å². The summed E-state index contributed by atoms with van der Waals surface area (Å²) < 4.78 is 43.9. The van der Waals surface area contributed by atoms with Gasteiger partial charge >= 0.3 is 0 Å². The highest BCUT2D eigenvalue weighted by atomic mass is 19.2. The molecule has 0 aliphatic rings. The molecule has 0 aliphatic carbocycles. The van der Waals surface area contributed by atoms with Gasteiger partial charge in [0.25, 0.3) is 0 Å². The van der Waals surface area contributed by atoms with E-state index in [-0.39, 0.29) is 6.54 Å². The molecule has 0 radical (unpaired) electrons. The highest BCUT2D eigenvalue weighted by Crippen LogP contribution is 2.14. The van der Waals surface area contributed by atoms with Crippen molar-refractivity contribution in [3.63, 3.8) is 0 Å². The average molecular weight is 295 g/mol. The molecule has 0 amide bonds. The van der Waals surface area contributed by atoms with Gasteiger partial charge in [0.1, 0.15) is 5.75 Å². The van der Waals surface area contributed by atoms with E-state index in [1.165, 1.54) is 0 Å². The van der Waals surface area contributed by atoms with Crippen LogP contribution in [0.15, 0.2) is 36.4 Å². The van der Waals surface area contributed by atoms with Gasteiger partial charge in [0.15, 0.2) is 17.5 Å². The van der Waals surface area contributed by atoms with Crippen molar-refractivity contribution < 1.29 is 17.9 Å². The topological polar surface area (TPSA) is 21.3 Å². The van der Waals surface area contributed by atoms with Crippen LogP contribution in [-0.4, -0.2) is 13.7 Å². The third-order valence-electron chi connectivity index (χ3n) is 3.12. The van der Waals surface area contributed by atoms with Gasteiger partial charge in [0.05, 0.1) is 7.11 Å². The zero-order valence-corrected chi connectivity index (χ0v) is 11.6. The fourth-order valence-corrected chi connectivity index (χ4v) is 1.97. The van der Waals surface area contributed by atoms with Gasteiger partial charge in [-0.2, -0.15) is 0 Å². The molecule has 2 nitrogen and oxygen atoms in total. The SMILES string of the molecule is COc1ccc(CCNCc2cc(F)c(F)c(F)c2)cc1. The van der Waals surface area contributed by atoms with Crippen LogP contribution in [0.1, 0.15) is 11.1 Å². The van der Waals surface area contributed by atoms with Crippen LogP contribution >= 0.6 is 0 Å². The Hall–Kier alpha value is -2.01. The lowest BCUT2D eigenvalue weighted by molar-refractivity contribution is 0.414. The van der Waals surface area contributed by atoms with E-state index >= 15 is 0 Å². The lowest BCUT2D eigenvalue weighted by Crippen LogP contribution is -2.17. The van der Waals surface area contributed by atoms with Crippen LogP contribution in [0.3, 0.4) is 0 Å². The Labute approximate surface area is 121 Å². The minimum absolute atomic E-state index is 0.282. The van der Waals surface area contributed by atoms with Crippen molar-refractivity contribution in [2.45, 2.75) is 13.0 Å². The van der Waals surface area contributed by atoms with Crippen molar-refractivity contribution in [2.75, 3.05) is 13.7 Å². The molecule has 2 rings (SSSR count). The highest BCUT2D eigenvalue weighted by Gasteiger charge is 2.09. The number of hydrogen-bond acceptors (Lipinski definition) is 2. The molecule has 0 saturated heterocycles. The number of ether oxygens (including phenoxy) is 1. The Morgan fingerprint density at radius 1 is 0.952 bits per heavy atom. The van der Waals surface area contributed by atoms with Crippen LogP contribution in [0.4, 0.5) is 13.2 Å². The molecule has 0 atom stereocenters. The highest BCUT2D eigenvalue weighted by molar-refractivity contribution is 5.27. The molecular formula is C16H16F3NO. The van der Waals surface area contributed by atoms with Gasteiger partial charge < -0.3 is 10.1 Å². The molecule has 0 spiro atoms. The van der Waals surface area contributed by atoms with Crippen molar-refractivity contribution in [1.82, 2.24) is 5.32 Å². The molecule has 0 fully saturated rings. The molecule has 0 unspecified atom stereocenters. The van der Waals surface area contributed by atoms with Crippen LogP contribution in [0.5, 0.6) is 5.75 Å². The third kappa shape index (κ3) is 4.23. The zero-order valence-electron chi connectivity index (χ0n) is 11.6. The number of rotatable bonds is 6. The molecule has 0 bridgehead atoms. The largest absolute Gasteiger partial charge is 0.497 e. The Morgan fingerprint density at radius 2 is 1.57 bits per heavy atom. The van der Waals surface area contributed by atoms with E-state index < -0.39 is 17.5 Å². The number of halogens is 3. The van der Waals surface area contributed by atoms with Gasteiger partial charge in [-0.25, -0.2) is 13.2 Å². The minimum Gasteiger partial charge on any atom is -0.497 e. The molecule has 5 heteroatoms. The molecule has 0 saturated carbocycles. The Balaban J connectivity index is 1.81. The van der Waals surface area contributed by atoms with Crippen molar-refractivity contribution in [2.24, 2.45) is 0 Å². The summed E-state index contributed by atoms with van der Waals surface area (Å²) in [7, 11) is 1.61. The first-order chi connectivity index (χ1) is 10.1. The maximum absolute atomic E-state index is 13.0. The zero-order chi connectivity index (χ0) is 15.2. The van der Waals surface area contributed by atoms with E-state index in [4.69, 9.17) is 4.74 Å². The summed E-state index contributed by atoms with van der Waals surface area (Å²) in [6, 6.07) is 9.66. The first kappa shape index (κ1) is 15.4. The van der Waals surface area contributed by atoms with Gasteiger partial charge in [-0.15, -0.1) is 0 Å². The van der Waals surface area contributed by atoms with E-state index in [0.717, 1.165) is 29.9 Å². The second-order valence-electron chi connectivity index (χ2n) is 4.65. The number of nitrogens with one attached hydrogen (secondary N) is 1. The molecule has 21 heavy (non-hydrogen) atoms. The van der Waals surface area contributed by atoms with Crippen LogP contribution in [0.2, 0.25) is 0 Å². The Bertz CT molecular complexity index is 576. The maximum Gasteiger partial charge on any atom is 0.194 e. The van der Waals surface area contributed by atoms with Crippen LogP contribution in [-0.2, 0) is 13.0 Å². The van der Waals surface area contributed by atoms with Crippen LogP contribution in [0.25, 0.3) is 0 Å². The van der Waals surface area contributed by atoms with Crippen molar-refractivity contribution >= 4 is 0 Å². The molecule has 0 aliphatic heterocycles. The van der Waals surface area contributed by atoms with E-state index in [1.807, 2.05) is 24.3 Å². The van der Waals surface area contributed by atoms with E-state index in [0.29, 0.717) is 12.1 Å². The van der Waals surface area contributed by atoms with Crippen LogP contribution in [0, 0.1) is 17.5 Å². The average Bonchev–Trinajstić information content (AvgIpc) is 2.49. The normalized spacial score (nSPS) is 10.7. The van der Waals surface area contributed by atoms with E-state index in [2.05, 4.69) is 5.32 Å². The van der Waals surface area contributed by atoms with E-state index in [1.54, 1.807) is 7.11 Å². The van der Waals surface area contributed by atoms with Crippen molar-refractivity contribution in [1.29, 1.82) is 0 Å². The number of methoxy groups -OCH3 is 1. The summed E-state index contributed by atoms with van der Waals surface area (Å²) in [5.41, 5.74) is 1.50. The smallest absolute Gasteiger partial charge is 0.194 e. The van der Waals surface area contributed by atoms with Crippen molar-refractivity contribution in [3.8, 4) is 5.75 Å². The van der Waals surface area contributed by atoms with Crippen LogP contribution < -0.4 is 10.1 Å². The molecule has 112 valence electrons. The monoisotopic (exact) mass is 295 g/mol. The summed E-state index contributed by atoms with van der Waals surface area (Å²) in [5, 5.41) is 3.07. The van der Waals surface area contributed by atoms with Gasteiger partial charge in [0, 0.05) is 6.54 Å². The summed E-state index contributed by atoms with van der Waals surface area (Å²) >= 11 is 0. The van der Waals surface area contributed by atoms with E-state index in [9.17, 15) is 13.2 Å². The first-order valence-corrected chi connectivity index (χ1v) is 6.57. The summed E-state index contributed by atoms with van der Waals surface area (Å²) in [6.45, 7) is 0.928. The predicted octanol–water partition coefficient (Wildman–Crippen LogP) is 3.44. The Kier molecular flexibility index (Phi) is 5.22. The standard InChI is InChI=1S/C16H16F3NO/c1-21-13-4-2-11(3-5-13)6-7-20-10-12-8-14(17)16(19)15(18)9-12/h2-5,8-9,20H,6-7,10H2,1H3. The molecule has 2 aromatic rings. The second kappa shape index (κ2) is 7.13. The number of benzene rings is 2. The minimum atomic E-state index is -1.43. The third-order valence-corrected chi connectivity index (χ3v) is 3.12. The second-order valence-corrected chi connectivity index (χ2v) is 4.65. The Morgan fingerprint density at radius 3 is 2.14 bits per heavy atom. The van der Waals surface area contributed by atoms with Crippen molar-refractivity contribution in [3.05, 3.63) is 65.0 Å². The fourth-order valence-electron chi connectivity index (χ4n) is 1.97. The first-order valence-electron chi connectivity index (χ1n) is 6.57. The molecule has 0 aromatic heterocycles. The summed E-state index contributed by atoms with van der Waals surface area (Å²) in [4.78, 5) is 0. The van der Waals surface area contributed by atoms with Gasteiger partial charge in [0.2, 0.25) is 0 Å². The summed E-state index contributed by atoms with van der Waals surface area (Å²) in [5.74, 6) is -2.97.